The fraction of sp³-hybridized carbons (Fsp3) is 0.321. The normalized spacial score (nSPS) is 15.2. The smallest absolute Gasteiger partial charge is 0.264 e. The lowest BCUT2D eigenvalue weighted by Crippen LogP contribution is -2.31. The van der Waals surface area contributed by atoms with Crippen LogP contribution in [-0.2, 0) is 27.5 Å². The van der Waals surface area contributed by atoms with E-state index in [-0.39, 0.29) is 42.0 Å². The van der Waals surface area contributed by atoms with Crippen LogP contribution in [0.1, 0.15) is 27.9 Å². The number of ether oxygens (including phenoxy) is 4. The van der Waals surface area contributed by atoms with Crippen LogP contribution in [0.4, 0.5) is 0 Å². The number of hydrogen-bond acceptors (Lipinski definition) is 8. The highest BCUT2D eigenvalue weighted by Crippen LogP contribution is 2.39. The van der Waals surface area contributed by atoms with Gasteiger partial charge in [-0.15, -0.1) is 0 Å². The van der Waals surface area contributed by atoms with Gasteiger partial charge in [-0.2, -0.15) is 8.42 Å². The van der Waals surface area contributed by atoms with E-state index in [1.54, 1.807) is 26.4 Å². The zero-order valence-corrected chi connectivity index (χ0v) is 23.5. The first-order valence-electron chi connectivity index (χ1n) is 12.2. The van der Waals surface area contributed by atoms with Crippen molar-refractivity contribution in [3.63, 3.8) is 0 Å². The molecular weight excluding hydrogens is 546 g/mol. The van der Waals surface area contributed by atoms with Gasteiger partial charge in [0, 0.05) is 13.1 Å². The summed E-state index contributed by atoms with van der Waals surface area (Å²) < 4.78 is 50.6. The minimum atomic E-state index is -3.63. The Kier molecular flexibility index (Phi) is 9.21. The Bertz CT molecular complexity index is 1390. The van der Waals surface area contributed by atoms with Crippen molar-refractivity contribution in [1.82, 2.24) is 4.90 Å². The molecule has 1 heterocycles. The van der Waals surface area contributed by atoms with Crippen molar-refractivity contribution in [2.45, 2.75) is 25.7 Å². The predicted molar refractivity (Wildman–Crippen MR) is 146 cm³/mol. The molecule has 1 fully saturated rings. The van der Waals surface area contributed by atoms with Gasteiger partial charge in [0.2, 0.25) is 0 Å². The molecular formula is C28H30ClNO8S. The molecule has 0 aromatic heterocycles. The zero-order chi connectivity index (χ0) is 28.0. The van der Waals surface area contributed by atoms with Crippen LogP contribution in [0.3, 0.4) is 0 Å². The SMILES string of the molecule is COc1ccc(COc2ccc(C(=O)N3CCC(OS(C)(=O)=O)C3)c(Cl)c2OCc2ccc(OC)cc2)cc1. The Balaban J connectivity index is 1.56. The van der Waals surface area contributed by atoms with E-state index >= 15 is 0 Å². The Morgan fingerprint density at radius 3 is 2.00 bits per heavy atom. The van der Waals surface area contributed by atoms with Gasteiger partial charge in [0.1, 0.15) is 24.7 Å². The third-order valence-electron chi connectivity index (χ3n) is 6.13. The van der Waals surface area contributed by atoms with Gasteiger partial charge in [0.05, 0.1) is 37.2 Å². The molecule has 208 valence electrons. The summed E-state index contributed by atoms with van der Waals surface area (Å²) in [4.78, 5) is 14.9. The molecule has 0 spiro atoms. The van der Waals surface area contributed by atoms with E-state index in [2.05, 4.69) is 0 Å². The number of benzene rings is 3. The molecule has 1 aliphatic heterocycles. The molecule has 0 N–H and O–H groups in total. The number of nitrogens with zero attached hydrogens (tertiary/aromatic N) is 1. The van der Waals surface area contributed by atoms with Gasteiger partial charge in [-0.25, -0.2) is 0 Å². The predicted octanol–water partition coefficient (Wildman–Crippen LogP) is 4.71. The standard InChI is InChI=1S/C28H30ClNO8S/c1-34-21-8-4-19(5-9-21)17-36-25-13-12-24(28(31)30-15-14-23(16-30)38-39(3,32)33)26(29)27(25)37-18-20-6-10-22(35-2)11-7-20/h4-13,23H,14-18H2,1-3H3. The molecule has 4 rings (SSSR count). The van der Waals surface area contributed by atoms with Crippen molar-refractivity contribution < 1.29 is 36.3 Å². The van der Waals surface area contributed by atoms with E-state index < -0.39 is 16.2 Å². The Morgan fingerprint density at radius 2 is 1.46 bits per heavy atom. The number of likely N-dealkylation sites (tertiary alicyclic amines) is 1. The van der Waals surface area contributed by atoms with Gasteiger partial charge < -0.3 is 23.8 Å². The number of carbonyl (C=O) groups is 1. The quantitative estimate of drug-likeness (QED) is 0.303. The maximum atomic E-state index is 13.3. The fourth-order valence-electron chi connectivity index (χ4n) is 4.12. The summed E-state index contributed by atoms with van der Waals surface area (Å²) in [5.74, 6) is 1.71. The van der Waals surface area contributed by atoms with Crippen LogP contribution in [0, 0.1) is 0 Å². The molecule has 3 aromatic rings. The number of methoxy groups -OCH3 is 2. The van der Waals surface area contributed by atoms with Crippen molar-refractivity contribution in [1.29, 1.82) is 0 Å². The summed E-state index contributed by atoms with van der Waals surface area (Å²) in [6, 6.07) is 18.1. The highest BCUT2D eigenvalue weighted by Gasteiger charge is 2.32. The van der Waals surface area contributed by atoms with Crippen LogP contribution < -0.4 is 18.9 Å². The van der Waals surface area contributed by atoms with E-state index in [0.717, 1.165) is 28.9 Å². The van der Waals surface area contributed by atoms with Crippen molar-refractivity contribution in [3.8, 4) is 23.0 Å². The topological polar surface area (TPSA) is 101 Å². The van der Waals surface area contributed by atoms with E-state index in [0.29, 0.717) is 18.7 Å². The minimum Gasteiger partial charge on any atom is -0.497 e. The lowest BCUT2D eigenvalue weighted by molar-refractivity contribution is 0.0773. The second-order valence-electron chi connectivity index (χ2n) is 8.99. The average molecular weight is 576 g/mol. The number of rotatable bonds is 11. The van der Waals surface area contributed by atoms with Crippen molar-refractivity contribution in [2.75, 3.05) is 33.6 Å². The van der Waals surface area contributed by atoms with Crippen molar-refractivity contribution in [2.24, 2.45) is 0 Å². The molecule has 9 nitrogen and oxygen atoms in total. The third-order valence-corrected chi connectivity index (χ3v) is 7.13. The summed E-state index contributed by atoms with van der Waals surface area (Å²) in [6.07, 6.45) is 0.798. The number of amides is 1. The first-order valence-corrected chi connectivity index (χ1v) is 14.4. The summed E-state index contributed by atoms with van der Waals surface area (Å²) in [6.45, 7) is 0.893. The summed E-state index contributed by atoms with van der Waals surface area (Å²) in [5, 5.41) is 0.105. The van der Waals surface area contributed by atoms with Crippen LogP contribution in [0.15, 0.2) is 60.7 Å². The molecule has 39 heavy (non-hydrogen) atoms. The van der Waals surface area contributed by atoms with E-state index in [1.165, 1.54) is 4.90 Å². The van der Waals surface area contributed by atoms with Crippen LogP contribution in [0.25, 0.3) is 0 Å². The van der Waals surface area contributed by atoms with Crippen LogP contribution >= 0.6 is 11.6 Å². The monoisotopic (exact) mass is 575 g/mol. The minimum absolute atomic E-state index is 0.105. The third kappa shape index (κ3) is 7.56. The average Bonchev–Trinajstić information content (AvgIpc) is 3.38. The second kappa shape index (κ2) is 12.6. The Labute approximate surface area is 233 Å². The van der Waals surface area contributed by atoms with Crippen molar-refractivity contribution in [3.05, 3.63) is 82.4 Å². The maximum absolute atomic E-state index is 13.3. The van der Waals surface area contributed by atoms with Gasteiger partial charge in [0.15, 0.2) is 11.5 Å². The number of carbonyl (C=O) groups excluding carboxylic acids is 1. The summed E-state index contributed by atoms with van der Waals surface area (Å²) in [7, 11) is -0.434. The lowest BCUT2D eigenvalue weighted by Gasteiger charge is -2.20. The molecule has 1 aliphatic rings. The van der Waals surface area contributed by atoms with E-state index in [4.69, 9.17) is 34.7 Å². The Hall–Kier alpha value is -3.47. The van der Waals surface area contributed by atoms with E-state index in [1.807, 2.05) is 48.5 Å². The van der Waals surface area contributed by atoms with Crippen LogP contribution in [0.5, 0.6) is 23.0 Å². The van der Waals surface area contributed by atoms with Gasteiger partial charge in [0.25, 0.3) is 16.0 Å². The van der Waals surface area contributed by atoms with Crippen LogP contribution in [0.2, 0.25) is 5.02 Å². The molecule has 0 bridgehead atoms. The van der Waals surface area contributed by atoms with Gasteiger partial charge in [-0.3, -0.25) is 8.98 Å². The van der Waals surface area contributed by atoms with Gasteiger partial charge >= 0.3 is 0 Å². The molecule has 0 aliphatic carbocycles. The maximum Gasteiger partial charge on any atom is 0.264 e. The fourth-order valence-corrected chi connectivity index (χ4v) is 5.06. The molecule has 1 saturated heterocycles. The molecule has 0 saturated carbocycles. The first kappa shape index (κ1) is 28.5. The summed E-state index contributed by atoms with van der Waals surface area (Å²) >= 11 is 6.75. The molecule has 11 heteroatoms. The summed E-state index contributed by atoms with van der Waals surface area (Å²) in [5.41, 5.74) is 1.99. The molecule has 1 atom stereocenters. The highest BCUT2D eigenvalue weighted by molar-refractivity contribution is 7.86. The first-order chi connectivity index (χ1) is 18.7. The molecule has 1 amide bonds. The van der Waals surface area contributed by atoms with Gasteiger partial charge in [-0.05, 0) is 53.9 Å². The largest absolute Gasteiger partial charge is 0.497 e. The van der Waals surface area contributed by atoms with Gasteiger partial charge in [-0.1, -0.05) is 35.9 Å². The van der Waals surface area contributed by atoms with Crippen LogP contribution in [-0.4, -0.2) is 58.9 Å². The van der Waals surface area contributed by atoms with Crippen molar-refractivity contribution >= 4 is 27.6 Å². The highest BCUT2D eigenvalue weighted by atomic mass is 35.5. The molecule has 1 unspecified atom stereocenters. The molecule has 0 radical (unpaired) electrons. The zero-order valence-electron chi connectivity index (χ0n) is 21.9. The number of halogens is 1. The lowest BCUT2D eigenvalue weighted by atomic mass is 10.1. The molecule has 3 aromatic carbocycles. The number of hydrogen-bond donors (Lipinski definition) is 0. The second-order valence-corrected chi connectivity index (χ2v) is 11.0. The van der Waals surface area contributed by atoms with E-state index in [9.17, 15) is 13.2 Å². The Morgan fingerprint density at radius 1 is 0.897 bits per heavy atom.